The number of rotatable bonds is 2. The molecule has 0 atom stereocenters. The van der Waals surface area contributed by atoms with Crippen LogP contribution >= 0.6 is 15.9 Å². The Balaban J connectivity index is 2.05. The second-order valence-corrected chi connectivity index (χ2v) is 5.81. The number of imidazole rings is 1. The summed E-state index contributed by atoms with van der Waals surface area (Å²) in [7, 11) is 0. The number of nitrogens with one attached hydrogen (secondary N) is 1. The van der Waals surface area contributed by atoms with E-state index in [9.17, 15) is 18.0 Å². The molecular weight excluding hydrogens is 373 g/mol. The van der Waals surface area contributed by atoms with Crippen LogP contribution in [0.1, 0.15) is 5.56 Å². The molecular formula is C16H10BrF3N2O. The van der Waals surface area contributed by atoms with Gasteiger partial charge >= 0.3 is 11.9 Å². The van der Waals surface area contributed by atoms with Gasteiger partial charge in [-0.2, -0.15) is 13.2 Å². The van der Waals surface area contributed by atoms with E-state index in [1.807, 2.05) is 12.1 Å². The van der Waals surface area contributed by atoms with Crippen LogP contribution in [0.5, 0.6) is 0 Å². The Morgan fingerprint density at radius 3 is 2.39 bits per heavy atom. The molecule has 0 aliphatic rings. The minimum atomic E-state index is -4.45. The first kappa shape index (κ1) is 15.6. The second-order valence-electron chi connectivity index (χ2n) is 4.90. The van der Waals surface area contributed by atoms with Crippen molar-refractivity contribution in [2.75, 3.05) is 0 Å². The monoisotopic (exact) mass is 382 g/mol. The summed E-state index contributed by atoms with van der Waals surface area (Å²) in [6.07, 6.45) is -2.97. The Bertz CT molecular complexity index is 895. The van der Waals surface area contributed by atoms with Crippen LogP contribution in [0.25, 0.3) is 16.9 Å². The van der Waals surface area contributed by atoms with E-state index in [4.69, 9.17) is 0 Å². The van der Waals surface area contributed by atoms with Gasteiger partial charge in [0.25, 0.3) is 0 Å². The van der Waals surface area contributed by atoms with Crippen LogP contribution in [-0.4, -0.2) is 9.55 Å². The van der Waals surface area contributed by atoms with Gasteiger partial charge in [0, 0.05) is 10.7 Å². The van der Waals surface area contributed by atoms with E-state index in [2.05, 4.69) is 20.9 Å². The molecule has 0 bridgehead atoms. The van der Waals surface area contributed by atoms with Crippen molar-refractivity contribution in [1.29, 1.82) is 0 Å². The van der Waals surface area contributed by atoms with Gasteiger partial charge in [0.15, 0.2) is 0 Å². The predicted molar refractivity (Wildman–Crippen MR) is 84.5 cm³/mol. The number of alkyl halides is 3. The lowest BCUT2D eigenvalue weighted by Crippen LogP contribution is -2.15. The number of benzene rings is 2. The molecule has 0 aliphatic heterocycles. The summed E-state index contributed by atoms with van der Waals surface area (Å²) >= 11 is 3.32. The van der Waals surface area contributed by atoms with Crippen LogP contribution in [0.4, 0.5) is 13.2 Å². The number of aromatic nitrogens is 2. The maximum Gasteiger partial charge on any atom is 0.416 e. The van der Waals surface area contributed by atoms with Crippen LogP contribution in [-0.2, 0) is 6.18 Å². The highest BCUT2D eigenvalue weighted by Gasteiger charge is 2.30. The lowest BCUT2D eigenvalue weighted by atomic mass is 10.2. The van der Waals surface area contributed by atoms with Gasteiger partial charge in [0.1, 0.15) is 0 Å². The maximum atomic E-state index is 12.8. The van der Waals surface area contributed by atoms with E-state index in [-0.39, 0.29) is 5.69 Å². The van der Waals surface area contributed by atoms with Gasteiger partial charge in [0.2, 0.25) is 0 Å². The van der Waals surface area contributed by atoms with Gasteiger partial charge < -0.3 is 4.98 Å². The molecule has 1 aromatic heterocycles. The molecule has 0 aliphatic carbocycles. The molecule has 118 valence electrons. The quantitative estimate of drug-likeness (QED) is 0.690. The minimum absolute atomic E-state index is 0.157. The average molecular weight is 383 g/mol. The highest BCUT2D eigenvalue weighted by Crippen LogP contribution is 2.30. The van der Waals surface area contributed by atoms with Gasteiger partial charge in [-0.25, -0.2) is 4.79 Å². The number of aromatic amines is 1. The van der Waals surface area contributed by atoms with Crippen LogP contribution in [0.3, 0.4) is 0 Å². The molecule has 0 unspecified atom stereocenters. The highest BCUT2D eigenvalue weighted by atomic mass is 79.9. The first-order valence-electron chi connectivity index (χ1n) is 6.60. The highest BCUT2D eigenvalue weighted by molar-refractivity contribution is 9.10. The van der Waals surface area contributed by atoms with Crippen molar-refractivity contribution >= 4 is 15.9 Å². The number of hydrogen-bond acceptors (Lipinski definition) is 1. The summed E-state index contributed by atoms with van der Waals surface area (Å²) in [6.45, 7) is 0. The van der Waals surface area contributed by atoms with Crippen LogP contribution < -0.4 is 5.69 Å². The number of H-pyrrole nitrogens is 1. The fourth-order valence-electron chi connectivity index (χ4n) is 2.20. The van der Waals surface area contributed by atoms with E-state index < -0.39 is 17.4 Å². The van der Waals surface area contributed by atoms with E-state index in [0.29, 0.717) is 5.69 Å². The molecule has 1 heterocycles. The molecule has 1 N–H and O–H groups in total. The summed E-state index contributed by atoms with van der Waals surface area (Å²) in [4.78, 5) is 14.7. The third-order valence-electron chi connectivity index (χ3n) is 3.33. The molecule has 0 amide bonds. The summed E-state index contributed by atoms with van der Waals surface area (Å²) < 4.78 is 40.4. The molecule has 0 radical (unpaired) electrons. The molecule has 7 heteroatoms. The number of hydrogen-bond donors (Lipinski definition) is 1. The zero-order valence-electron chi connectivity index (χ0n) is 11.6. The van der Waals surface area contributed by atoms with Crippen LogP contribution in [0.15, 0.2) is 64.0 Å². The van der Waals surface area contributed by atoms with Crippen LogP contribution in [0.2, 0.25) is 0 Å². The fourth-order valence-corrected chi connectivity index (χ4v) is 2.46. The number of halogens is 4. The Labute approximate surface area is 137 Å². The van der Waals surface area contributed by atoms with E-state index in [0.717, 1.165) is 26.7 Å². The van der Waals surface area contributed by atoms with Gasteiger partial charge in [-0.1, -0.05) is 34.1 Å². The Morgan fingerprint density at radius 2 is 1.74 bits per heavy atom. The fraction of sp³-hybridized carbons (Fsp3) is 0.0625. The Kier molecular flexibility index (Phi) is 3.89. The van der Waals surface area contributed by atoms with Gasteiger partial charge in [-0.3, -0.25) is 4.57 Å². The lowest BCUT2D eigenvalue weighted by molar-refractivity contribution is -0.137. The molecule has 3 rings (SSSR count). The van der Waals surface area contributed by atoms with Crippen molar-refractivity contribution in [3.63, 3.8) is 0 Å². The van der Waals surface area contributed by atoms with E-state index >= 15 is 0 Å². The molecule has 0 saturated heterocycles. The average Bonchev–Trinajstić information content (AvgIpc) is 2.89. The Morgan fingerprint density at radius 1 is 1.04 bits per heavy atom. The molecule has 2 aromatic carbocycles. The zero-order chi connectivity index (χ0) is 16.6. The van der Waals surface area contributed by atoms with Crippen LogP contribution in [0, 0.1) is 0 Å². The summed E-state index contributed by atoms with van der Waals surface area (Å²) in [6, 6.07) is 11.9. The zero-order valence-corrected chi connectivity index (χ0v) is 13.1. The SMILES string of the molecule is O=c1[nH]c(-c2ccc(Br)cc2)cn1-c1cccc(C(F)(F)F)c1. The standard InChI is InChI=1S/C16H10BrF3N2O/c17-12-6-4-10(5-7-12)14-9-22(15(23)21-14)13-3-1-2-11(8-13)16(18,19)20/h1-9H,(H,21,23). The van der Waals surface area contributed by atoms with Gasteiger partial charge in [-0.15, -0.1) is 0 Å². The summed E-state index contributed by atoms with van der Waals surface area (Å²) in [5.74, 6) is 0. The predicted octanol–water partition coefficient (Wildman–Crippen LogP) is 4.61. The third-order valence-corrected chi connectivity index (χ3v) is 3.85. The largest absolute Gasteiger partial charge is 0.416 e. The summed E-state index contributed by atoms with van der Waals surface area (Å²) in [5.41, 5.74) is 0.149. The molecule has 0 spiro atoms. The minimum Gasteiger partial charge on any atom is -0.305 e. The molecule has 3 aromatic rings. The maximum absolute atomic E-state index is 12.8. The lowest BCUT2D eigenvalue weighted by Gasteiger charge is -2.08. The first-order chi connectivity index (χ1) is 10.8. The smallest absolute Gasteiger partial charge is 0.305 e. The normalized spacial score (nSPS) is 11.7. The van der Waals surface area contributed by atoms with E-state index in [1.165, 1.54) is 18.3 Å². The molecule has 3 nitrogen and oxygen atoms in total. The van der Waals surface area contributed by atoms with Crippen molar-refractivity contribution in [1.82, 2.24) is 9.55 Å². The third kappa shape index (κ3) is 3.24. The van der Waals surface area contributed by atoms with Crippen molar-refractivity contribution in [3.05, 3.63) is 75.2 Å². The van der Waals surface area contributed by atoms with Gasteiger partial charge in [-0.05, 0) is 35.9 Å². The van der Waals surface area contributed by atoms with Crippen molar-refractivity contribution in [3.8, 4) is 16.9 Å². The molecule has 23 heavy (non-hydrogen) atoms. The first-order valence-corrected chi connectivity index (χ1v) is 7.39. The second kappa shape index (κ2) is 5.73. The Hall–Kier alpha value is -2.28. The van der Waals surface area contributed by atoms with Crippen molar-refractivity contribution in [2.45, 2.75) is 6.18 Å². The molecule has 0 fully saturated rings. The number of nitrogens with zero attached hydrogens (tertiary/aromatic N) is 1. The topological polar surface area (TPSA) is 37.8 Å². The summed E-state index contributed by atoms with van der Waals surface area (Å²) in [5, 5.41) is 0. The van der Waals surface area contributed by atoms with E-state index in [1.54, 1.807) is 12.1 Å². The van der Waals surface area contributed by atoms with Crippen molar-refractivity contribution in [2.24, 2.45) is 0 Å². The van der Waals surface area contributed by atoms with Crippen molar-refractivity contribution < 1.29 is 13.2 Å². The van der Waals surface area contributed by atoms with Gasteiger partial charge in [0.05, 0.1) is 16.9 Å². The molecule has 0 saturated carbocycles.